The summed E-state index contributed by atoms with van der Waals surface area (Å²) in [5.41, 5.74) is 2.49. The van der Waals surface area contributed by atoms with Crippen LogP contribution in [0.4, 0.5) is 11.4 Å². The van der Waals surface area contributed by atoms with Gasteiger partial charge in [-0.15, -0.1) is 23.2 Å². The number of ether oxygens (including phenoxy) is 2. The molecule has 3 saturated heterocycles. The number of alkyl halides is 3. The number of hydrogen-bond acceptors (Lipinski definition) is 8. The second kappa shape index (κ2) is 11.0. The molecule has 6 unspecified atom stereocenters. The number of nitrogens with zero attached hydrogens (tertiary/aromatic N) is 3. The number of methoxy groups -OCH3 is 1. The molecule has 5 aliphatic rings. The lowest BCUT2D eigenvalue weighted by Gasteiger charge is -2.50. The minimum absolute atomic E-state index is 0.103. The summed E-state index contributed by atoms with van der Waals surface area (Å²) < 4.78 is 10.8. The minimum Gasteiger partial charge on any atom is -0.504 e. The number of amides is 4. The Morgan fingerprint density at radius 2 is 1.67 bits per heavy atom. The number of phenols is 1. The number of allylic oxidation sites excluding steroid dienone is 2. The largest absolute Gasteiger partial charge is 0.504 e. The van der Waals surface area contributed by atoms with Crippen LogP contribution in [-0.2, 0) is 23.9 Å². The molecule has 2 aromatic carbocycles. The molecule has 2 aliphatic carbocycles. The molecule has 0 bridgehead atoms. The van der Waals surface area contributed by atoms with Gasteiger partial charge in [0.15, 0.2) is 21.2 Å². The Balaban J connectivity index is 1.30. The number of anilines is 2. The first-order valence-corrected chi connectivity index (χ1v) is 16.6. The summed E-state index contributed by atoms with van der Waals surface area (Å²) in [4.78, 5) is 56.5. The topological polar surface area (TPSA) is 117 Å². The van der Waals surface area contributed by atoms with Gasteiger partial charge in [0.25, 0.3) is 11.8 Å². The zero-order chi connectivity index (χ0) is 31.8. The number of phenolic OH excluding ortho intramolecular Hbond substituents is 1. The van der Waals surface area contributed by atoms with Crippen molar-refractivity contribution in [3.05, 3.63) is 59.7 Å². The number of rotatable bonds is 5. The first-order valence-electron chi connectivity index (χ1n) is 14.7. The van der Waals surface area contributed by atoms with Crippen molar-refractivity contribution < 1.29 is 33.8 Å². The van der Waals surface area contributed by atoms with E-state index in [1.807, 2.05) is 18.2 Å². The van der Waals surface area contributed by atoms with E-state index in [0.717, 1.165) is 23.7 Å². The predicted octanol–water partition coefficient (Wildman–Crippen LogP) is 4.15. The molecular formula is C32H30BrCl2N3O7. The number of benzene rings is 2. The highest BCUT2D eigenvalue weighted by atomic mass is 79.9. The SMILES string of the molecule is COc1cc(C2C3=CCC4C(=O)N(c5ccc(N6CCOCC6)cc5)C(=O)C4C3CC3(Cl)C(=O)N(CBr)C(=O)C23Cl)ccc1O. The maximum Gasteiger partial charge on any atom is 0.254 e. The van der Waals surface area contributed by atoms with Gasteiger partial charge in [0.05, 0.1) is 43.3 Å². The molecule has 2 aromatic rings. The first-order chi connectivity index (χ1) is 21.6. The molecule has 3 heterocycles. The number of imide groups is 2. The van der Waals surface area contributed by atoms with Gasteiger partial charge < -0.3 is 19.5 Å². The van der Waals surface area contributed by atoms with Crippen molar-refractivity contribution in [3.8, 4) is 11.5 Å². The Morgan fingerprint density at radius 1 is 0.978 bits per heavy atom. The summed E-state index contributed by atoms with van der Waals surface area (Å²) in [6.45, 7) is 2.78. The van der Waals surface area contributed by atoms with Crippen molar-refractivity contribution in [1.82, 2.24) is 4.90 Å². The normalized spacial score (nSPS) is 32.8. The number of carbonyl (C=O) groups excluding carboxylic acids is 4. The van der Waals surface area contributed by atoms with Gasteiger partial charge in [-0.1, -0.05) is 33.6 Å². The fourth-order valence-electron chi connectivity index (χ4n) is 7.89. The van der Waals surface area contributed by atoms with Gasteiger partial charge >= 0.3 is 0 Å². The molecule has 45 heavy (non-hydrogen) atoms. The molecule has 1 saturated carbocycles. The zero-order valence-electron chi connectivity index (χ0n) is 24.3. The van der Waals surface area contributed by atoms with E-state index < -0.39 is 45.2 Å². The molecule has 4 fully saturated rings. The van der Waals surface area contributed by atoms with E-state index in [1.165, 1.54) is 18.1 Å². The van der Waals surface area contributed by atoms with E-state index in [4.69, 9.17) is 32.7 Å². The van der Waals surface area contributed by atoms with Gasteiger partial charge in [-0.3, -0.25) is 29.0 Å². The first kappa shape index (κ1) is 30.5. The quantitative estimate of drug-likeness (QED) is 0.212. The Morgan fingerprint density at radius 3 is 2.33 bits per heavy atom. The number of halogens is 3. The van der Waals surface area contributed by atoms with Gasteiger partial charge in [0.1, 0.15) is 0 Å². The van der Waals surface area contributed by atoms with Gasteiger partial charge in [-0.25, -0.2) is 0 Å². The van der Waals surface area contributed by atoms with Crippen LogP contribution < -0.4 is 14.5 Å². The van der Waals surface area contributed by atoms with Crippen LogP contribution in [0.3, 0.4) is 0 Å². The highest BCUT2D eigenvalue weighted by molar-refractivity contribution is 9.09. The number of morpholine rings is 1. The van der Waals surface area contributed by atoms with Crippen LogP contribution in [-0.4, -0.2) is 82.3 Å². The van der Waals surface area contributed by atoms with Crippen LogP contribution in [0.5, 0.6) is 11.5 Å². The third kappa shape index (κ3) is 4.23. The second-order valence-corrected chi connectivity index (χ2v) is 13.8. The van der Waals surface area contributed by atoms with Crippen molar-refractivity contribution >= 4 is 74.1 Å². The number of hydrogen-bond donors (Lipinski definition) is 1. The van der Waals surface area contributed by atoms with Gasteiger partial charge in [-0.05, 0) is 60.7 Å². The molecule has 7 rings (SSSR count). The van der Waals surface area contributed by atoms with E-state index in [2.05, 4.69) is 20.8 Å². The number of likely N-dealkylation sites (tertiary alicyclic amines) is 1. The van der Waals surface area contributed by atoms with Crippen LogP contribution >= 0.6 is 39.1 Å². The summed E-state index contributed by atoms with van der Waals surface area (Å²) in [6.07, 6.45) is 2.02. The van der Waals surface area contributed by atoms with E-state index >= 15 is 0 Å². The fraction of sp³-hybridized carbons (Fsp3) is 0.438. The summed E-state index contributed by atoms with van der Waals surface area (Å²) >= 11 is 17.8. The minimum atomic E-state index is -1.93. The number of carbonyl (C=O) groups is 4. The average Bonchev–Trinajstić information content (AvgIpc) is 3.39. The van der Waals surface area contributed by atoms with E-state index in [-0.39, 0.29) is 41.6 Å². The molecule has 13 heteroatoms. The molecule has 10 nitrogen and oxygen atoms in total. The third-order valence-electron chi connectivity index (χ3n) is 10.0. The molecule has 0 spiro atoms. The van der Waals surface area contributed by atoms with Crippen molar-refractivity contribution in [1.29, 1.82) is 0 Å². The monoisotopic (exact) mass is 717 g/mol. The lowest BCUT2D eigenvalue weighted by Crippen LogP contribution is -2.60. The maximum atomic E-state index is 14.3. The molecule has 1 N–H and O–H groups in total. The Bertz CT molecular complexity index is 1650. The van der Waals surface area contributed by atoms with Crippen molar-refractivity contribution in [3.63, 3.8) is 0 Å². The summed E-state index contributed by atoms with van der Waals surface area (Å²) in [5.74, 6) is -5.05. The lowest BCUT2D eigenvalue weighted by atomic mass is 9.56. The van der Waals surface area contributed by atoms with Gasteiger partial charge in [0, 0.05) is 24.7 Å². The maximum absolute atomic E-state index is 14.3. The average molecular weight is 719 g/mol. The van der Waals surface area contributed by atoms with Gasteiger partial charge in [0.2, 0.25) is 11.8 Å². The smallest absolute Gasteiger partial charge is 0.254 e. The summed E-state index contributed by atoms with van der Waals surface area (Å²) in [6, 6.07) is 11.9. The Labute approximate surface area is 277 Å². The standard InChI is InChI=1S/C32H30BrCl2N3O7/c1-44-24-14-17(2-9-23(24)39)26-20-7-8-21-25(22(20)15-31(34)29(42)37(16-33)30(43)32(26,31)35)28(41)38(27(21)40)19-5-3-18(4-6-19)36-10-12-45-13-11-36/h2-7,9,14,21-22,25-26,39H,8,10-13,15-16H2,1H3. The highest BCUT2D eigenvalue weighted by Crippen LogP contribution is 2.65. The predicted molar refractivity (Wildman–Crippen MR) is 170 cm³/mol. The molecule has 236 valence electrons. The summed E-state index contributed by atoms with van der Waals surface area (Å²) in [7, 11) is 1.40. The molecule has 3 aliphatic heterocycles. The molecule has 0 radical (unpaired) electrons. The van der Waals surface area contributed by atoms with Crippen molar-refractivity contribution in [2.45, 2.75) is 28.5 Å². The number of aromatic hydroxyl groups is 1. The van der Waals surface area contributed by atoms with Crippen LogP contribution in [0.2, 0.25) is 0 Å². The zero-order valence-corrected chi connectivity index (χ0v) is 27.3. The lowest BCUT2D eigenvalue weighted by molar-refractivity contribution is -0.138. The molecule has 0 aromatic heterocycles. The Hall–Kier alpha value is -3.12. The second-order valence-electron chi connectivity index (χ2n) is 12.0. The van der Waals surface area contributed by atoms with Crippen molar-refractivity contribution in [2.24, 2.45) is 17.8 Å². The fourth-order valence-corrected chi connectivity index (χ4v) is 9.31. The van der Waals surface area contributed by atoms with Crippen molar-refractivity contribution in [2.75, 3.05) is 48.7 Å². The van der Waals surface area contributed by atoms with Crippen LogP contribution in [0, 0.1) is 17.8 Å². The van der Waals surface area contributed by atoms with Crippen LogP contribution in [0.1, 0.15) is 24.3 Å². The number of fused-ring (bicyclic) bond motifs is 4. The van der Waals surface area contributed by atoms with Gasteiger partial charge in [-0.2, -0.15) is 0 Å². The highest BCUT2D eigenvalue weighted by Gasteiger charge is 2.76. The molecule has 6 atom stereocenters. The molecular weight excluding hydrogens is 689 g/mol. The Kier molecular flexibility index (Phi) is 7.46. The third-order valence-corrected chi connectivity index (χ3v) is 12.0. The molecule has 4 amide bonds. The summed E-state index contributed by atoms with van der Waals surface area (Å²) in [5, 5.41) is 10.3. The van der Waals surface area contributed by atoms with Crippen LogP contribution in [0.15, 0.2) is 54.1 Å². The van der Waals surface area contributed by atoms with Crippen LogP contribution in [0.25, 0.3) is 0 Å². The van der Waals surface area contributed by atoms with E-state index in [9.17, 15) is 24.3 Å². The van der Waals surface area contributed by atoms with E-state index in [0.29, 0.717) is 30.0 Å². The van der Waals surface area contributed by atoms with E-state index in [1.54, 1.807) is 24.3 Å².